The van der Waals surface area contributed by atoms with Gasteiger partial charge in [-0.25, -0.2) is 0 Å². The van der Waals surface area contributed by atoms with Crippen molar-refractivity contribution in [3.63, 3.8) is 0 Å². The Bertz CT molecular complexity index is 451. The summed E-state index contributed by atoms with van der Waals surface area (Å²) in [4.78, 5) is 0. The molecule has 0 saturated carbocycles. The number of nitrogens with one attached hydrogen (secondary N) is 1. The summed E-state index contributed by atoms with van der Waals surface area (Å²) < 4.78 is 0. The molecular formula is C14H16N2. The Labute approximate surface area is 96.1 Å². The van der Waals surface area contributed by atoms with E-state index in [-0.39, 0.29) is 6.04 Å². The summed E-state index contributed by atoms with van der Waals surface area (Å²) in [5, 5.41) is 3.40. The molecule has 0 aliphatic heterocycles. The minimum Gasteiger partial charge on any atom is -0.397 e. The second-order valence-electron chi connectivity index (χ2n) is 3.86. The molecule has 0 bridgehead atoms. The Morgan fingerprint density at radius 2 is 1.56 bits per heavy atom. The molecule has 0 aromatic heterocycles. The van der Waals surface area contributed by atoms with Crippen LogP contribution < -0.4 is 11.1 Å². The molecule has 2 aromatic rings. The lowest BCUT2D eigenvalue weighted by Crippen LogP contribution is -2.07. The van der Waals surface area contributed by atoms with Crippen LogP contribution in [-0.2, 0) is 0 Å². The molecule has 0 saturated heterocycles. The number of nitrogens with two attached hydrogens (primary N) is 1. The maximum absolute atomic E-state index is 5.88. The van der Waals surface area contributed by atoms with Crippen molar-refractivity contribution in [3.05, 3.63) is 60.2 Å². The second-order valence-corrected chi connectivity index (χ2v) is 3.86. The van der Waals surface area contributed by atoms with Gasteiger partial charge in [0.1, 0.15) is 0 Å². The van der Waals surface area contributed by atoms with Gasteiger partial charge in [0.2, 0.25) is 0 Å². The van der Waals surface area contributed by atoms with E-state index in [0.29, 0.717) is 0 Å². The molecule has 3 N–H and O–H groups in total. The molecule has 0 aliphatic carbocycles. The summed E-state index contributed by atoms with van der Waals surface area (Å²) in [6, 6.07) is 18.4. The van der Waals surface area contributed by atoms with Gasteiger partial charge in [-0.3, -0.25) is 0 Å². The van der Waals surface area contributed by atoms with Gasteiger partial charge in [0.05, 0.1) is 11.4 Å². The Morgan fingerprint density at radius 3 is 2.25 bits per heavy atom. The van der Waals surface area contributed by atoms with Crippen LogP contribution in [-0.4, -0.2) is 0 Å². The zero-order chi connectivity index (χ0) is 11.4. The van der Waals surface area contributed by atoms with E-state index in [1.54, 1.807) is 0 Å². The molecular weight excluding hydrogens is 196 g/mol. The molecule has 82 valence electrons. The van der Waals surface area contributed by atoms with E-state index in [1.165, 1.54) is 5.56 Å². The van der Waals surface area contributed by atoms with Crippen molar-refractivity contribution in [2.75, 3.05) is 11.1 Å². The van der Waals surface area contributed by atoms with Crippen LogP contribution in [0.1, 0.15) is 18.5 Å². The summed E-state index contributed by atoms with van der Waals surface area (Å²) in [5.41, 5.74) is 8.91. The zero-order valence-corrected chi connectivity index (χ0v) is 9.35. The number of nitrogen functional groups attached to an aromatic ring is 1. The molecule has 2 rings (SSSR count). The minimum absolute atomic E-state index is 0.255. The SMILES string of the molecule is C[C@H](Nc1ccccc1N)c1ccccc1. The van der Waals surface area contributed by atoms with Gasteiger partial charge in [-0.15, -0.1) is 0 Å². The van der Waals surface area contributed by atoms with Crippen LogP contribution in [0.4, 0.5) is 11.4 Å². The summed E-state index contributed by atoms with van der Waals surface area (Å²) in [7, 11) is 0. The van der Waals surface area contributed by atoms with E-state index >= 15 is 0 Å². The molecule has 2 nitrogen and oxygen atoms in total. The lowest BCUT2D eigenvalue weighted by atomic mass is 10.1. The predicted octanol–water partition coefficient (Wildman–Crippen LogP) is 3.44. The number of hydrogen-bond donors (Lipinski definition) is 2. The predicted molar refractivity (Wildman–Crippen MR) is 69.3 cm³/mol. The van der Waals surface area contributed by atoms with E-state index in [0.717, 1.165) is 11.4 Å². The smallest absolute Gasteiger partial charge is 0.0578 e. The van der Waals surface area contributed by atoms with Crippen molar-refractivity contribution < 1.29 is 0 Å². The highest BCUT2D eigenvalue weighted by Crippen LogP contribution is 2.23. The molecule has 0 amide bonds. The van der Waals surface area contributed by atoms with Crippen LogP contribution in [0.25, 0.3) is 0 Å². The summed E-state index contributed by atoms with van der Waals surface area (Å²) in [6.45, 7) is 2.13. The van der Waals surface area contributed by atoms with Crippen molar-refractivity contribution in [3.8, 4) is 0 Å². The van der Waals surface area contributed by atoms with E-state index in [2.05, 4.69) is 24.4 Å². The average Bonchev–Trinajstić information content (AvgIpc) is 2.33. The van der Waals surface area contributed by atoms with Crippen molar-refractivity contribution in [2.45, 2.75) is 13.0 Å². The third-order valence-electron chi connectivity index (χ3n) is 2.63. The van der Waals surface area contributed by atoms with E-state index in [4.69, 9.17) is 5.73 Å². The first kappa shape index (κ1) is 10.6. The van der Waals surface area contributed by atoms with Crippen LogP contribution >= 0.6 is 0 Å². The summed E-state index contributed by atoms with van der Waals surface area (Å²) in [6.07, 6.45) is 0. The van der Waals surface area contributed by atoms with Gasteiger partial charge in [-0.1, -0.05) is 42.5 Å². The fraction of sp³-hybridized carbons (Fsp3) is 0.143. The maximum atomic E-state index is 5.88. The lowest BCUT2D eigenvalue weighted by molar-refractivity contribution is 0.885. The van der Waals surface area contributed by atoms with Crippen molar-refractivity contribution >= 4 is 11.4 Å². The van der Waals surface area contributed by atoms with Gasteiger partial charge < -0.3 is 11.1 Å². The van der Waals surface area contributed by atoms with Gasteiger partial charge >= 0.3 is 0 Å². The third kappa shape index (κ3) is 2.34. The molecule has 0 heterocycles. The first-order chi connectivity index (χ1) is 7.77. The average molecular weight is 212 g/mol. The van der Waals surface area contributed by atoms with Crippen LogP contribution in [0.5, 0.6) is 0 Å². The molecule has 0 aliphatic rings. The topological polar surface area (TPSA) is 38.0 Å². The zero-order valence-electron chi connectivity index (χ0n) is 9.35. The molecule has 1 atom stereocenters. The van der Waals surface area contributed by atoms with Crippen LogP contribution in [0, 0.1) is 0 Å². The minimum atomic E-state index is 0.255. The molecule has 2 aromatic carbocycles. The second kappa shape index (κ2) is 4.71. The normalized spacial score (nSPS) is 12.1. The highest BCUT2D eigenvalue weighted by Gasteiger charge is 2.05. The molecule has 0 spiro atoms. The highest BCUT2D eigenvalue weighted by molar-refractivity contribution is 5.66. The summed E-state index contributed by atoms with van der Waals surface area (Å²) >= 11 is 0. The van der Waals surface area contributed by atoms with Gasteiger partial charge in [0, 0.05) is 6.04 Å². The summed E-state index contributed by atoms with van der Waals surface area (Å²) in [5.74, 6) is 0. The molecule has 0 radical (unpaired) electrons. The Kier molecular flexibility index (Phi) is 3.10. The number of para-hydroxylation sites is 2. The fourth-order valence-corrected chi connectivity index (χ4v) is 1.69. The van der Waals surface area contributed by atoms with Gasteiger partial charge in [-0.2, -0.15) is 0 Å². The molecule has 0 unspecified atom stereocenters. The number of hydrogen-bond acceptors (Lipinski definition) is 2. The van der Waals surface area contributed by atoms with Crippen LogP contribution in [0.3, 0.4) is 0 Å². The van der Waals surface area contributed by atoms with Crippen molar-refractivity contribution in [1.29, 1.82) is 0 Å². The van der Waals surface area contributed by atoms with Crippen LogP contribution in [0.2, 0.25) is 0 Å². The number of benzene rings is 2. The van der Waals surface area contributed by atoms with E-state index < -0.39 is 0 Å². The first-order valence-electron chi connectivity index (χ1n) is 5.43. The molecule has 0 fully saturated rings. The third-order valence-corrected chi connectivity index (χ3v) is 2.63. The number of rotatable bonds is 3. The largest absolute Gasteiger partial charge is 0.397 e. The van der Waals surface area contributed by atoms with Gasteiger partial charge in [0.15, 0.2) is 0 Å². The standard InChI is InChI=1S/C14H16N2/c1-11(12-7-3-2-4-8-12)16-14-10-6-5-9-13(14)15/h2-11,16H,15H2,1H3/t11-/m0/s1. The number of anilines is 2. The quantitative estimate of drug-likeness (QED) is 0.765. The fourth-order valence-electron chi connectivity index (χ4n) is 1.69. The van der Waals surface area contributed by atoms with E-state index in [1.807, 2.05) is 42.5 Å². The van der Waals surface area contributed by atoms with Crippen molar-refractivity contribution in [1.82, 2.24) is 0 Å². The Balaban J connectivity index is 2.14. The van der Waals surface area contributed by atoms with E-state index in [9.17, 15) is 0 Å². The molecule has 16 heavy (non-hydrogen) atoms. The highest BCUT2D eigenvalue weighted by atomic mass is 14.9. The van der Waals surface area contributed by atoms with Crippen molar-refractivity contribution in [2.24, 2.45) is 0 Å². The Hall–Kier alpha value is -1.96. The first-order valence-corrected chi connectivity index (χ1v) is 5.43. The lowest BCUT2D eigenvalue weighted by Gasteiger charge is -2.16. The maximum Gasteiger partial charge on any atom is 0.0578 e. The Morgan fingerprint density at radius 1 is 0.938 bits per heavy atom. The molecule has 2 heteroatoms. The van der Waals surface area contributed by atoms with Gasteiger partial charge in [-0.05, 0) is 24.6 Å². The monoisotopic (exact) mass is 212 g/mol. The van der Waals surface area contributed by atoms with Gasteiger partial charge in [0.25, 0.3) is 0 Å². The van der Waals surface area contributed by atoms with Crippen LogP contribution in [0.15, 0.2) is 54.6 Å².